The molecule has 3 nitrogen and oxygen atoms in total. The van der Waals surface area contributed by atoms with Gasteiger partial charge in [-0.05, 0) is 18.6 Å². The van der Waals surface area contributed by atoms with Crippen molar-refractivity contribution < 1.29 is 14.7 Å². The molecule has 0 saturated heterocycles. The van der Waals surface area contributed by atoms with Gasteiger partial charge >= 0.3 is 5.97 Å². The maximum atomic E-state index is 12.2. The van der Waals surface area contributed by atoms with Gasteiger partial charge in [-0.2, -0.15) is 9.90 Å². The molecule has 0 amide bonds. The van der Waals surface area contributed by atoms with Crippen molar-refractivity contribution >= 4 is 21.7 Å². The second-order valence-electron chi connectivity index (χ2n) is 4.38. The zero-order valence-corrected chi connectivity index (χ0v) is 12.7. The van der Waals surface area contributed by atoms with Crippen LogP contribution in [0.15, 0.2) is 54.6 Å². The van der Waals surface area contributed by atoms with E-state index < -0.39 is 11.9 Å². The summed E-state index contributed by atoms with van der Waals surface area (Å²) in [6.45, 7) is 1.61. The molecule has 0 aliphatic heterocycles. The van der Waals surface area contributed by atoms with Crippen LogP contribution in [0.5, 0.6) is 0 Å². The number of hydrogen-bond donors (Lipinski definition) is 1. The standard InChI is InChI=1S/C16H14O3.H3P/c1-11(16(18)19)13-8-5-9-14(10-13)15(17)12-6-3-2-4-7-12;/h2-11H,1H3,(H,18,19);1H3. The van der Waals surface area contributed by atoms with Gasteiger partial charge < -0.3 is 5.11 Å². The molecule has 2 aromatic carbocycles. The van der Waals surface area contributed by atoms with Crippen molar-refractivity contribution in [2.24, 2.45) is 0 Å². The lowest BCUT2D eigenvalue weighted by molar-refractivity contribution is -0.138. The van der Waals surface area contributed by atoms with Crippen LogP contribution < -0.4 is 0 Å². The number of rotatable bonds is 4. The third-order valence-corrected chi connectivity index (χ3v) is 3.06. The Kier molecular flexibility index (Phi) is 5.60. The van der Waals surface area contributed by atoms with Crippen molar-refractivity contribution in [2.45, 2.75) is 12.8 Å². The first-order chi connectivity index (χ1) is 9.09. The zero-order chi connectivity index (χ0) is 13.8. The summed E-state index contributed by atoms with van der Waals surface area (Å²) >= 11 is 0. The molecular weight excluding hydrogens is 271 g/mol. The molecule has 0 bridgehead atoms. The highest BCUT2D eigenvalue weighted by atomic mass is 31.0. The van der Waals surface area contributed by atoms with Crippen LogP contribution in [0.25, 0.3) is 0 Å². The van der Waals surface area contributed by atoms with Gasteiger partial charge in [-0.1, -0.05) is 48.5 Å². The number of carbonyl (C=O) groups excluding carboxylic acids is 1. The van der Waals surface area contributed by atoms with Crippen LogP contribution in [0.4, 0.5) is 0 Å². The minimum atomic E-state index is -0.899. The van der Waals surface area contributed by atoms with Crippen molar-refractivity contribution in [3.05, 3.63) is 71.3 Å². The number of carbonyl (C=O) groups is 2. The maximum absolute atomic E-state index is 12.2. The van der Waals surface area contributed by atoms with Crippen molar-refractivity contribution in [1.29, 1.82) is 0 Å². The van der Waals surface area contributed by atoms with Gasteiger partial charge in [0.1, 0.15) is 0 Å². The molecule has 1 N–H and O–H groups in total. The predicted octanol–water partition coefficient (Wildman–Crippen LogP) is 3.16. The minimum absolute atomic E-state index is 0. The Morgan fingerprint density at radius 3 is 2.15 bits per heavy atom. The van der Waals surface area contributed by atoms with Crippen molar-refractivity contribution in [2.75, 3.05) is 0 Å². The van der Waals surface area contributed by atoms with Crippen LogP contribution in [0.3, 0.4) is 0 Å². The van der Waals surface area contributed by atoms with E-state index >= 15 is 0 Å². The van der Waals surface area contributed by atoms with Crippen LogP contribution in [0, 0.1) is 0 Å². The van der Waals surface area contributed by atoms with E-state index in [1.807, 2.05) is 6.07 Å². The number of ketones is 1. The van der Waals surface area contributed by atoms with Crippen molar-refractivity contribution in [1.82, 2.24) is 0 Å². The van der Waals surface area contributed by atoms with Gasteiger partial charge in [0.05, 0.1) is 5.92 Å². The maximum Gasteiger partial charge on any atom is 0.310 e. The van der Waals surface area contributed by atoms with Crippen LogP contribution in [0.2, 0.25) is 0 Å². The van der Waals surface area contributed by atoms with Gasteiger partial charge in [0, 0.05) is 11.1 Å². The number of aliphatic carboxylic acids is 1. The Morgan fingerprint density at radius 1 is 0.950 bits per heavy atom. The number of hydrogen-bond acceptors (Lipinski definition) is 2. The fourth-order valence-electron chi connectivity index (χ4n) is 1.85. The molecule has 2 rings (SSSR count). The minimum Gasteiger partial charge on any atom is -0.481 e. The lowest BCUT2D eigenvalue weighted by Gasteiger charge is -2.08. The summed E-state index contributed by atoms with van der Waals surface area (Å²) in [6, 6.07) is 15.7. The first-order valence-electron chi connectivity index (χ1n) is 6.02. The summed E-state index contributed by atoms with van der Waals surface area (Å²) < 4.78 is 0. The highest BCUT2D eigenvalue weighted by Crippen LogP contribution is 2.18. The first kappa shape index (κ1) is 16.1. The third-order valence-electron chi connectivity index (χ3n) is 3.06. The van der Waals surface area contributed by atoms with E-state index in [9.17, 15) is 9.59 Å². The summed E-state index contributed by atoms with van der Waals surface area (Å²) in [7, 11) is 0. The SMILES string of the molecule is CC(C(=O)O)c1cccc(C(=O)c2ccccc2)c1.P. The van der Waals surface area contributed by atoms with Crippen LogP contribution in [0.1, 0.15) is 34.3 Å². The molecule has 104 valence electrons. The van der Waals surface area contributed by atoms with E-state index in [0.717, 1.165) is 0 Å². The fourth-order valence-corrected chi connectivity index (χ4v) is 1.85. The Balaban J connectivity index is 0.00000200. The van der Waals surface area contributed by atoms with Crippen LogP contribution in [-0.2, 0) is 4.79 Å². The second-order valence-corrected chi connectivity index (χ2v) is 4.38. The highest BCUT2D eigenvalue weighted by Gasteiger charge is 2.16. The lowest BCUT2D eigenvalue weighted by atomic mass is 9.96. The zero-order valence-electron chi connectivity index (χ0n) is 11.2. The molecule has 2 unspecified atom stereocenters. The Labute approximate surface area is 121 Å². The molecule has 0 spiro atoms. The fraction of sp³-hybridized carbons (Fsp3) is 0.125. The normalized spacial score (nSPS) is 11.2. The van der Waals surface area contributed by atoms with Gasteiger partial charge in [0.25, 0.3) is 0 Å². The first-order valence-corrected chi connectivity index (χ1v) is 6.02. The average molecular weight is 288 g/mol. The van der Waals surface area contributed by atoms with Gasteiger partial charge in [0.2, 0.25) is 0 Å². The molecule has 0 fully saturated rings. The molecule has 4 heteroatoms. The lowest BCUT2D eigenvalue weighted by Crippen LogP contribution is -2.09. The van der Waals surface area contributed by atoms with Crippen molar-refractivity contribution in [3.8, 4) is 0 Å². The molecule has 2 aromatic rings. The molecule has 0 aliphatic carbocycles. The Morgan fingerprint density at radius 2 is 1.55 bits per heavy atom. The smallest absolute Gasteiger partial charge is 0.310 e. The molecular formula is C16H17O3P. The van der Waals surface area contributed by atoms with Crippen LogP contribution >= 0.6 is 9.90 Å². The van der Waals surface area contributed by atoms with E-state index in [-0.39, 0.29) is 15.7 Å². The molecule has 2 atom stereocenters. The van der Waals surface area contributed by atoms with E-state index in [2.05, 4.69) is 0 Å². The second kappa shape index (κ2) is 6.97. The molecule has 0 aromatic heterocycles. The summed E-state index contributed by atoms with van der Waals surface area (Å²) in [5, 5.41) is 9.00. The van der Waals surface area contributed by atoms with Gasteiger partial charge in [-0.15, -0.1) is 0 Å². The van der Waals surface area contributed by atoms with Gasteiger partial charge in [0.15, 0.2) is 5.78 Å². The largest absolute Gasteiger partial charge is 0.481 e. The summed E-state index contributed by atoms with van der Waals surface area (Å²) in [6.07, 6.45) is 0. The summed E-state index contributed by atoms with van der Waals surface area (Å²) in [4.78, 5) is 23.2. The van der Waals surface area contributed by atoms with E-state index in [4.69, 9.17) is 5.11 Å². The molecule has 0 aliphatic rings. The molecule has 20 heavy (non-hydrogen) atoms. The number of benzene rings is 2. The number of carboxylic acids is 1. The predicted molar refractivity (Wildman–Crippen MR) is 83.5 cm³/mol. The van der Waals surface area contributed by atoms with E-state index in [1.165, 1.54) is 0 Å². The molecule has 0 radical (unpaired) electrons. The van der Waals surface area contributed by atoms with Crippen LogP contribution in [-0.4, -0.2) is 16.9 Å². The number of carboxylic acid groups (broad SMARTS) is 1. The third kappa shape index (κ3) is 3.52. The van der Waals surface area contributed by atoms with E-state index in [0.29, 0.717) is 16.7 Å². The van der Waals surface area contributed by atoms with E-state index in [1.54, 1.807) is 55.5 Å². The molecule has 0 saturated carbocycles. The average Bonchev–Trinajstić information content (AvgIpc) is 2.46. The monoisotopic (exact) mass is 288 g/mol. The topological polar surface area (TPSA) is 54.4 Å². The Hall–Kier alpha value is -1.99. The van der Waals surface area contributed by atoms with Gasteiger partial charge in [-0.3, -0.25) is 9.59 Å². The Bertz CT molecular complexity index is 608. The summed E-state index contributed by atoms with van der Waals surface area (Å²) in [5.41, 5.74) is 1.74. The highest BCUT2D eigenvalue weighted by molar-refractivity contribution is 6.92. The quantitative estimate of drug-likeness (QED) is 0.694. The van der Waals surface area contributed by atoms with Gasteiger partial charge in [-0.25, -0.2) is 0 Å². The van der Waals surface area contributed by atoms with Crippen molar-refractivity contribution in [3.63, 3.8) is 0 Å². The summed E-state index contributed by atoms with van der Waals surface area (Å²) in [5.74, 6) is -1.62. The molecule has 0 heterocycles.